The molecule has 2 N–H and O–H groups in total. The Bertz CT molecular complexity index is 643. The van der Waals surface area contributed by atoms with Crippen LogP contribution in [0, 0.1) is 13.8 Å². The van der Waals surface area contributed by atoms with Crippen LogP contribution in [-0.4, -0.2) is 17.0 Å². The van der Waals surface area contributed by atoms with Gasteiger partial charge in [0.2, 0.25) is 0 Å². The number of furan rings is 1. The van der Waals surface area contributed by atoms with Crippen molar-refractivity contribution in [1.82, 2.24) is 0 Å². The lowest BCUT2D eigenvalue weighted by atomic mass is 10.1. The molecule has 0 atom stereocenters. The van der Waals surface area contributed by atoms with Crippen LogP contribution in [0.15, 0.2) is 34.9 Å². The predicted octanol–water partition coefficient (Wildman–Crippen LogP) is 2.85. The first-order chi connectivity index (χ1) is 9.00. The molecule has 2 rings (SSSR count). The summed E-state index contributed by atoms with van der Waals surface area (Å²) < 4.78 is 5.07. The van der Waals surface area contributed by atoms with Gasteiger partial charge in [-0.25, -0.2) is 4.79 Å². The summed E-state index contributed by atoms with van der Waals surface area (Å²) in [7, 11) is 0. The minimum atomic E-state index is -1.08. The summed E-state index contributed by atoms with van der Waals surface area (Å²) in [6.45, 7) is 3.42. The number of hydrogen-bond donors (Lipinski definition) is 2. The molecular weight excluding hydrogens is 246 g/mol. The third kappa shape index (κ3) is 2.49. The van der Waals surface area contributed by atoms with Crippen LogP contribution in [0.3, 0.4) is 0 Å². The van der Waals surface area contributed by atoms with E-state index in [-0.39, 0.29) is 17.0 Å². The Labute approximate surface area is 109 Å². The summed E-state index contributed by atoms with van der Waals surface area (Å²) in [6, 6.07) is 6.58. The largest absolute Gasteiger partial charge is 0.478 e. The zero-order valence-electron chi connectivity index (χ0n) is 10.6. The summed E-state index contributed by atoms with van der Waals surface area (Å²) in [5.74, 6) is -1.36. The highest BCUT2D eigenvalue weighted by atomic mass is 16.4. The Morgan fingerprint density at radius 2 is 1.89 bits per heavy atom. The van der Waals surface area contributed by atoms with Crippen LogP contribution < -0.4 is 5.32 Å². The second-order valence-corrected chi connectivity index (χ2v) is 4.19. The molecule has 1 amide bonds. The van der Waals surface area contributed by atoms with Crippen molar-refractivity contribution in [3.8, 4) is 0 Å². The third-order valence-corrected chi connectivity index (χ3v) is 2.80. The average molecular weight is 259 g/mol. The van der Waals surface area contributed by atoms with Crippen LogP contribution in [0.2, 0.25) is 0 Å². The van der Waals surface area contributed by atoms with Gasteiger partial charge in [-0.1, -0.05) is 12.1 Å². The number of carboxylic acids is 1. The lowest BCUT2D eigenvalue weighted by molar-refractivity contribution is 0.0697. The van der Waals surface area contributed by atoms with Gasteiger partial charge >= 0.3 is 5.97 Å². The van der Waals surface area contributed by atoms with Crippen LogP contribution in [0.5, 0.6) is 0 Å². The van der Waals surface area contributed by atoms with Gasteiger partial charge in [0, 0.05) is 5.56 Å². The molecule has 0 bridgehead atoms. The molecule has 0 radical (unpaired) electrons. The maximum Gasteiger partial charge on any atom is 0.338 e. The quantitative estimate of drug-likeness (QED) is 0.888. The summed E-state index contributed by atoms with van der Waals surface area (Å²) in [5, 5.41) is 11.7. The van der Waals surface area contributed by atoms with Crippen LogP contribution >= 0.6 is 0 Å². The van der Waals surface area contributed by atoms with Crippen molar-refractivity contribution in [1.29, 1.82) is 0 Å². The van der Waals surface area contributed by atoms with Crippen molar-refractivity contribution in [3.63, 3.8) is 0 Å². The number of anilines is 1. The first-order valence-corrected chi connectivity index (χ1v) is 5.69. The van der Waals surface area contributed by atoms with E-state index >= 15 is 0 Å². The first kappa shape index (κ1) is 12.9. The van der Waals surface area contributed by atoms with E-state index in [0.717, 1.165) is 0 Å². The van der Waals surface area contributed by atoms with E-state index in [4.69, 9.17) is 9.52 Å². The first-order valence-electron chi connectivity index (χ1n) is 5.69. The molecule has 5 nitrogen and oxygen atoms in total. The van der Waals surface area contributed by atoms with Crippen LogP contribution in [0.4, 0.5) is 5.69 Å². The van der Waals surface area contributed by atoms with E-state index in [2.05, 4.69) is 5.32 Å². The Kier molecular flexibility index (Phi) is 3.37. The number of benzene rings is 1. The molecule has 1 heterocycles. The molecule has 2 aromatic rings. The predicted molar refractivity (Wildman–Crippen MR) is 69.5 cm³/mol. The van der Waals surface area contributed by atoms with Crippen LogP contribution in [0.1, 0.15) is 32.0 Å². The van der Waals surface area contributed by atoms with Gasteiger partial charge < -0.3 is 14.8 Å². The smallest absolute Gasteiger partial charge is 0.338 e. The third-order valence-electron chi connectivity index (χ3n) is 2.80. The second-order valence-electron chi connectivity index (χ2n) is 4.19. The van der Waals surface area contributed by atoms with Crippen LogP contribution in [0.25, 0.3) is 0 Å². The maximum atomic E-state index is 12.0. The van der Waals surface area contributed by atoms with Gasteiger partial charge in [0.1, 0.15) is 0 Å². The van der Waals surface area contributed by atoms with E-state index in [1.807, 2.05) is 0 Å². The number of nitrogens with one attached hydrogen (secondary N) is 1. The maximum absolute atomic E-state index is 12.0. The fourth-order valence-electron chi connectivity index (χ4n) is 1.84. The zero-order chi connectivity index (χ0) is 14.0. The van der Waals surface area contributed by atoms with Gasteiger partial charge in [-0.05, 0) is 31.5 Å². The molecule has 98 valence electrons. The summed E-state index contributed by atoms with van der Waals surface area (Å²) in [4.78, 5) is 23.2. The van der Waals surface area contributed by atoms with Crippen molar-refractivity contribution < 1.29 is 19.1 Å². The van der Waals surface area contributed by atoms with Crippen molar-refractivity contribution in [2.24, 2.45) is 0 Å². The molecule has 0 spiro atoms. The topological polar surface area (TPSA) is 79.5 Å². The Hall–Kier alpha value is -2.56. The second kappa shape index (κ2) is 4.97. The highest BCUT2D eigenvalue weighted by Crippen LogP contribution is 2.21. The van der Waals surface area contributed by atoms with Gasteiger partial charge in [0.15, 0.2) is 5.76 Å². The van der Waals surface area contributed by atoms with E-state index in [1.54, 1.807) is 38.1 Å². The SMILES string of the molecule is Cc1ccoc1C(=O)Nc1cccc(C)c1C(=O)O. The molecular formula is C14H13NO4. The minimum absolute atomic E-state index is 0.0834. The Balaban J connectivity index is 2.35. The minimum Gasteiger partial charge on any atom is -0.478 e. The van der Waals surface area contributed by atoms with E-state index in [0.29, 0.717) is 11.1 Å². The Morgan fingerprint density at radius 3 is 2.47 bits per heavy atom. The van der Waals surface area contributed by atoms with Gasteiger partial charge in [0.05, 0.1) is 17.5 Å². The van der Waals surface area contributed by atoms with Gasteiger partial charge in [0.25, 0.3) is 5.91 Å². The monoisotopic (exact) mass is 259 g/mol. The van der Waals surface area contributed by atoms with Gasteiger partial charge in [-0.15, -0.1) is 0 Å². The Morgan fingerprint density at radius 1 is 1.16 bits per heavy atom. The molecule has 19 heavy (non-hydrogen) atoms. The molecule has 5 heteroatoms. The molecule has 0 fully saturated rings. The van der Waals surface area contributed by atoms with Crippen molar-refractivity contribution in [2.75, 3.05) is 5.32 Å². The van der Waals surface area contributed by atoms with Crippen molar-refractivity contribution >= 4 is 17.6 Å². The molecule has 0 saturated heterocycles. The highest BCUT2D eigenvalue weighted by Gasteiger charge is 2.18. The number of carbonyl (C=O) groups excluding carboxylic acids is 1. The molecule has 0 aliphatic rings. The summed E-state index contributed by atoms with van der Waals surface area (Å²) in [5.41, 5.74) is 1.62. The summed E-state index contributed by atoms with van der Waals surface area (Å²) in [6.07, 6.45) is 1.42. The normalized spacial score (nSPS) is 10.2. The van der Waals surface area contributed by atoms with E-state index in [9.17, 15) is 9.59 Å². The molecule has 1 aromatic carbocycles. The van der Waals surface area contributed by atoms with Gasteiger partial charge in [-0.3, -0.25) is 4.79 Å². The molecule has 1 aromatic heterocycles. The van der Waals surface area contributed by atoms with Gasteiger partial charge in [-0.2, -0.15) is 0 Å². The number of rotatable bonds is 3. The van der Waals surface area contributed by atoms with Crippen molar-refractivity contribution in [3.05, 3.63) is 53.0 Å². The number of aryl methyl sites for hydroxylation is 2. The molecule has 0 unspecified atom stereocenters. The summed E-state index contributed by atoms with van der Waals surface area (Å²) >= 11 is 0. The highest BCUT2D eigenvalue weighted by molar-refractivity contribution is 6.07. The fraction of sp³-hybridized carbons (Fsp3) is 0.143. The number of amides is 1. The molecule has 0 aliphatic carbocycles. The zero-order valence-corrected chi connectivity index (χ0v) is 10.6. The lowest BCUT2D eigenvalue weighted by Gasteiger charge is -2.09. The standard InChI is InChI=1S/C14H13NO4/c1-8-4-3-5-10(11(8)14(17)18)15-13(16)12-9(2)6-7-19-12/h3-7H,1-2H3,(H,15,16)(H,17,18). The number of aromatic carboxylic acids is 1. The van der Waals surface area contributed by atoms with E-state index < -0.39 is 11.9 Å². The fourth-order valence-corrected chi connectivity index (χ4v) is 1.84. The molecule has 0 saturated carbocycles. The average Bonchev–Trinajstić information content (AvgIpc) is 2.75. The van der Waals surface area contributed by atoms with Crippen LogP contribution in [-0.2, 0) is 0 Å². The lowest BCUT2D eigenvalue weighted by Crippen LogP contribution is -2.15. The number of carbonyl (C=O) groups is 2. The van der Waals surface area contributed by atoms with E-state index in [1.165, 1.54) is 6.26 Å². The molecule has 0 aliphatic heterocycles. The van der Waals surface area contributed by atoms with Crippen molar-refractivity contribution in [2.45, 2.75) is 13.8 Å². The number of hydrogen-bond acceptors (Lipinski definition) is 3. The number of carboxylic acid groups (broad SMARTS) is 1.